The maximum Gasteiger partial charge on any atom is 0.266 e. The van der Waals surface area contributed by atoms with Crippen molar-refractivity contribution in [3.05, 3.63) is 72.3 Å². The van der Waals surface area contributed by atoms with E-state index in [9.17, 15) is 10.1 Å². The quantitative estimate of drug-likeness (QED) is 0.475. The van der Waals surface area contributed by atoms with Gasteiger partial charge in [0.25, 0.3) is 5.91 Å². The van der Waals surface area contributed by atoms with E-state index in [2.05, 4.69) is 11.9 Å². The van der Waals surface area contributed by atoms with Gasteiger partial charge in [-0.3, -0.25) is 4.79 Å². The van der Waals surface area contributed by atoms with E-state index >= 15 is 0 Å². The van der Waals surface area contributed by atoms with Crippen LogP contribution >= 0.6 is 0 Å². The van der Waals surface area contributed by atoms with Gasteiger partial charge in [-0.05, 0) is 30.3 Å². The summed E-state index contributed by atoms with van der Waals surface area (Å²) in [6.07, 6.45) is 3.09. The summed E-state index contributed by atoms with van der Waals surface area (Å²) in [5.74, 6) is 0.627. The lowest BCUT2D eigenvalue weighted by atomic mass is 10.1. The van der Waals surface area contributed by atoms with Crippen LogP contribution in [0.3, 0.4) is 0 Å². The average Bonchev–Trinajstić information content (AvgIpc) is 2.65. The molecule has 0 aliphatic rings. The van der Waals surface area contributed by atoms with Crippen molar-refractivity contribution in [1.82, 2.24) is 0 Å². The second kappa shape index (κ2) is 8.94. The molecule has 0 aromatic heterocycles. The van der Waals surface area contributed by atoms with Crippen LogP contribution in [0.2, 0.25) is 0 Å². The number of carbonyl (C=O) groups excluding carboxylic acids is 1. The van der Waals surface area contributed by atoms with Crippen molar-refractivity contribution < 1.29 is 14.3 Å². The maximum absolute atomic E-state index is 12.3. The van der Waals surface area contributed by atoms with Gasteiger partial charge in [0, 0.05) is 17.3 Å². The zero-order valence-electron chi connectivity index (χ0n) is 13.9. The molecular weight excluding hydrogens is 316 g/mol. The molecule has 5 heteroatoms. The van der Waals surface area contributed by atoms with Crippen LogP contribution in [0, 0.1) is 11.3 Å². The summed E-state index contributed by atoms with van der Waals surface area (Å²) in [6, 6.07) is 16.0. The van der Waals surface area contributed by atoms with Crippen LogP contribution in [-0.4, -0.2) is 19.6 Å². The van der Waals surface area contributed by atoms with E-state index in [1.54, 1.807) is 55.7 Å². The van der Waals surface area contributed by atoms with Crippen LogP contribution in [-0.2, 0) is 4.79 Å². The summed E-state index contributed by atoms with van der Waals surface area (Å²) in [5.41, 5.74) is 1.19. The molecule has 0 fully saturated rings. The fourth-order valence-corrected chi connectivity index (χ4v) is 2.06. The molecule has 0 saturated heterocycles. The molecule has 0 aliphatic carbocycles. The fraction of sp³-hybridized carbons (Fsp3) is 0.100. The van der Waals surface area contributed by atoms with Crippen LogP contribution in [0.15, 0.2) is 66.8 Å². The first-order valence-electron chi connectivity index (χ1n) is 7.58. The first kappa shape index (κ1) is 17.8. The molecule has 2 aromatic rings. The van der Waals surface area contributed by atoms with E-state index < -0.39 is 5.91 Å². The van der Waals surface area contributed by atoms with Crippen molar-refractivity contribution in [2.75, 3.05) is 19.0 Å². The van der Waals surface area contributed by atoms with Crippen molar-refractivity contribution in [2.45, 2.75) is 0 Å². The molecule has 126 valence electrons. The van der Waals surface area contributed by atoms with E-state index in [0.717, 1.165) is 0 Å². The van der Waals surface area contributed by atoms with Gasteiger partial charge in [0.2, 0.25) is 0 Å². The van der Waals surface area contributed by atoms with Crippen LogP contribution in [0.4, 0.5) is 5.69 Å². The number of para-hydroxylation sites is 1. The smallest absolute Gasteiger partial charge is 0.266 e. The molecule has 0 atom stereocenters. The Morgan fingerprint density at radius 1 is 1.28 bits per heavy atom. The number of nitrogens with one attached hydrogen (secondary N) is 1. The Labute approximate surface area is 146 Å². The number of nitrogens with zero attached hydrogens (tertiary/aromatic N) is 1. The number of amides is 1. The maximum atomic E-state index is 12.3. The number of rotatable bonds is 7. The number of hydrogen-bond acceptors (Lipinski definition) is 4. The Bertz CT molecular complexity index is 821. The van der Waals surface area contributed by atoms with Gasteiger partial charge in [0.15, 0.2) is 0 Å². The minimum absolute atomic E-state index is 0.0301. The molecule has 0 aliphatic heterocycles. The number of benzene rings is 2. The molecule has 1 amide bonds. The van der Waals surface area contributed by atoms with E-state index in [-0.39, 0.29) is 5.57 Å². The van der Waals surface area contributed by atoms with Crippen LogP contribution in [0.25, 0.3) is 6.08 Å². The first-order valence-corrected chi connectivity index (χ1v) is 7.58. The molecule has 1 N–H and O–H groups in total. The van der Waals surface area contributed by atoms with Gasteiger partial charge in [0.05, 0.1) is 7.11 Å². The molecule has 0 spiro atoms. The third-order valence-corrected chi connectivity index (χ3v) is 3.27. The lowest BCUT2D eigenvalue weighted by Crippen LogP contribution is -2.13. The molecule has 0 bridgehead atoms. The molecule has 0 saturated carbocycles. The highest BCUT2D eigenvalue weighted by atomic mass is 16.5. The highest BCUT2D eigenvalue weighted by Gasteiger charge is 2.12. The molecule has 0 heterocycles. The second-order valence-corrected chi connectivity index (χ2v) is 4.99. The van der Waals surface area contributed by atoms with Crippen molar-refractivity contribution in [1.29, 1.82) is 5.26 Å². The van der Waals surface area contributed by atoms with Gasteiger partial charge in [0.1, 0.15) is 29.7 Å². The van der Waals surface area contributed by atoms with Gasteiger partial charge in [-0.25, -0.2) is 0 Å². The summed E-state index contributed by atoms with van der Waals surface area (Å²) < 4.78 is 10.8. The first-order chi connectivity index (χ1) is 12.2. The van der Waals surface area contributed by atoms with Crippen molar-refractivity contribution in [3.8, 4) is 17.6 Å². The van der Waals surface area contributed by atoms with E-state index in [4.69, 9.17) is 9.47 Å². The number of hydrogen-bond donors (Lipinski definition) is 1. The van der Waals surface area contributed by atoms with Crippen molar-refractivity contribution >= 4 is 17.7 Å². The Morgan fingerprint density at radius 2 is 2.04 bits per heavy atom. The predicted molar refractivity (Wildman–Crippen MR) is 97.3 cm³/mol. The molecule has 25 heavy (non-hydrogen) atoms. The van der Waals surface area contributed by atoms with Gasteiger partial charge in [-0.1, -0.05) is 30.9 Å². The Kier molecular flexibility index (Phi) is 6.38. The minimum Gasteiger partial charge on any atom is -0.497 e. The Hall–Kier alpha value is -3.52. The SMILES string of the molecule is C=CCOc1cc(OC)ccc1/C=C(\C#N)C(=O)Nc1ccccc1. The third kappa shape index (κ3) is 4.98. The van der Waals surface area contributed by atoms with Gasteiger partial charge >= 0.3 is 0 Å². The standard InChI is InChI=1S/C20H18N2O3/c1-3-11-25-19-13-18(24-2)10-9-15(19)12-16(14-21)20(23)22-17-7-5-4-6-8-17/h3-10,12-13H,1,11H2,2H3,(H,22,23)/b16-12+. The molecule has 0 radical (unpaired) electrons. The summed E-state index contributed by atoms with van der Waals surface area (Å²) >= 11 is 0. The largest absolute Gasteiger partial charge is 0.497 e. The zero-order chi connectivity index (χ0) is 18.1. The number of anilines is 1. The van der Waals surface area contributed by atoms with Crippen LogP contribution < -0.4 is 14.8 Å². The van der Waals surface area contributed by atoms with E-state index in [0.29, 0.717) is 29.4 Å². The summed E-state index contributed by atoms with van der Waals surface area (Å²) in [7, 11) is 1.55. The lowest BCUT2D eigenvalue weighted by molar-refractivity contribution is -0.112. The number of methoxy groups -OCH3 is 1. The monoisotopic (exact) mass is 334 g/mol. The summed E-state index contributed by atoms with van der Waals surface area (Å²) in [6.45, 7) is 3.91. The Morgan fingerprint density at radius 3 is 2.68 bits per heavy atom. The highest BCUT2D eigenvalue weighted by molar-refractivity contribution is 6.09. The highest BCUT2D eigenvalue weighted by Crippen LogP contribution is 2.27. The molecular formula is C20H18N2O3. The zero-order valence-corrected chi connectivity index (χ0v) is 13.9. The summed E-state index contributed by atoms with van der Waals surface area (Å²) in [4.78, 5) is 12.3. The number of ether oxygens (including phenoxy) is 2. The third-order valence-electron chi connectivity index (χ3n) is 3.27. The minimum atomic E-state index is -0.487. The van der Waals surface area contributed by atoms with Crippen molar-refractivity contribution in [2.24, 2.45) is 0 Å². The van der Waals surface area contributed by atoms with E-state index in [1.165, 1.54) is 6.08 Å². The number of nitriles is 1. The van der Waals surface area contributed by atoms with Gasteiger partial charge < -0.3 is 14.8 Å². The fourth-order valence-electron chi connectivity index (χ4n) is 2.06. The lowest BCUT2D eigenvalue weighted by Gasteiger charge is -2.10. The van der Waals surface area contributed by atoms with E-state index in [1.807, 2.05) is 12.1 Å². The number of carbonyl (C=O) groups is 1. The average molecular weight is 334 g/mol. The van der Waals surface area contributed by atoms with Crippen LogP contribution in [0.1, 0.15) is 5.56 Å². The molecule has 2 rings (SSSR count). The molecule has 5 nitrogen and oxygen atoms in total. The van der Waals surface area contributed by atoms with Crippen molar-refractivity contribution in [3.63, 3.8) is 0 Å². The van der Waals surface area contributed by atoms with Gasteiger partial charge in [-0.2, -0.15) is 5.26 Å². The second-order valence-electron chi connectivity index (χ2n) is 4.99. The van der Waals surface area contributed by atoms with Crippen LogP contribution in [0.5, 0.6) is 11.5 Å². The summed E-state index contributed by atoms with van der Waals surface area (Å²) in [5, 5.41) is 12.0. The van der Waals surface area contributed by atoms with Gasteiger partial charge in [-0.15, -0.1) is 0 Å². The molecule has 0 unspecified atom stereocenters. The molecule has 2 aromatic carbocycles. The predicted octanol–water partition coefficient (Wildman–Crippen LogP) is 3.81. The Balaban J connectivity index is 2.30. The topological polar surface area (TPSA) is 71.3 Å². The normalized spacial score (nSPS) is 10.5.